The molecule has 0 aliphatic rings. The summed E-state index contributed by atoms with van der Waals surface area (Å²) in [5.74, 6) is 1.94. The Kier molecular flexibility index (Phi) is 5.75. The van der Waals surface area contributed by atoms with E-state index in [1.807, 2.05) is 13.0 Å². The van der Waals surface area contributed by atoms with Crippen LogP contribution in [0.4, 0.5) is 5.69 Å². The lowest BCUT2D eigenvalue weighted by Crippen LogP contribution is -1.98. The molecular weight excluding hydrogens is 376 g/mol. The second-order valence-electron chi connectivity index (χ2n) is 5.48. The Morgan fingerprint density at radius 3 is 2.73 bits per heavy atom. The molecule has 0 unspecified atom stereocenters. The third-order valence-electron chi connectivity index (χ3n) is 3.53. The molecule has 1 aromatic heterocycles. The summed E-state index contributed by atoms with van der Waals surface area (Å²) in [6.07, 6.45) is 0. The van der Waals surface area contributed by atoms with E-state index in [4.69, 9.17) is 16.3 Å². The van der Waals surface area contributed by atoms with Crippen LogP contribution in [0.2, 0.25) is 5.02 Å². The Labute approximate surface area is 158 Å². The van der Waals surface area contributed by atoms with E-state index < -0.39 is 4.92 Å². The molecule has 3 rings (SSSR count). The first kappa shape index (κ1) is 18.2. The van der Waals surface area contributed by atoms with Crippen molar-refractivity contribution in [2.24, 2.45) is 0 Å². The van der Waals surface area contributed by atoms with Gasteiger partial charge in [-0.15, -0.1) is 5.10 Å². The van der Waals surface area contributed by atoms with E-state index in [0.717, 1.165) is 11.1 Å². The Bertz CT molecular complexity index is 915. The summed E-state index contributed by atoms with van der Waals surface area (Å²) >= 11 is 7.43. The number of nitro benzene ring substituents is 1. The molecule has 1 heterocycles. The van der Waals surface area contributed by atoms with Crippen LogP contribution in [0.3, 0.4) is 0 Å². The summed E-state index contributed by atoms with van der Waals surface area (Å²) in [5, 5.41) is 18.9. The van der Waals surface area contributed by atoms with Gasteiger partial charge < -0.3 is 4.74 Å². The zero-order valence-electron chi connectivity index (χ0n) is 13.8. The monoisotopic (exact) mass is 390 g/mol. The van der Waals surface area contributed by atoms with Crippen LogP contribution >= 0.6 is 23.4 Å². The molecule has 0 aliphatic heterocycles. The van der Waals surface area contributed by atoms with Gasteiger partial charge in [-0.2, -0.15) is 0 Å². The maximum Gasteiger partial charge on any atom is 0.269 e. The lowest BCUT2D eigenvalue weighted by atomic mass is 10.2. The molecular formula is C17H15ClN4O3S. The number of aromatic amines is 1. The molecule has 0 bridgehead atoms. The molecule has 0 spiro atoms. The molecule has 0 amide bonds. The number of halogens is 1. The quantitative estimate of drug-likeness (QED) is 0.361. The molecule has 1 N–H and O–H groups in total. The Morgan fingerprint density at radius 2 is 2.04 bits per heavy atom. The van der Waals surface area contributed by atoms with E-state index in [0.29, 0.717) is 27.5 Å². The number of rotatable bonds is 7. The normalized spacial score (nSPS) is 10.7. The average Bonchev–Trinajstić information content (AvgIpc) is 3.09. The van der Waals surface area contributed by atoms with Crippen LogP contribution in [0.15, 0.2) is 47.6 Å². The molecule has 0 fully saturated rings. The van der Waals surface area contributed by atoms with Crippen LogP contribution in [-0.4, -0.2) is 20.1 Å². The summed E-state index contributed by atoms with van der Waals surface area (Å²) in [6, 6.07) is 11.9. The standard InChI is InChI=1S/C17H15ClN4O3S/c1-11-8-14(6-7-15(11)18)25-9-16-19-17(21-20-16)26-10-12-2-4-13(5-3-12)22(23)24/h2-8H,9-10H2,1H3,(H,19,20,21). The van der Waals surface area contributed by atoms with E-state index in [1.165, 1.54) is 23.9 Å². The lowest BCUT2D eigenvalue weighted by molar-refractivity contribution is -0.384. The minimum absolute atomic E-state index is 0.0773. The molecule has 0 radical (unpaired) electrons. The minimum atomic E-state index is -0.416. The molecule has 0 saturated carbocycles. The summed E-state index contributed by atoms with van der Waals surface area (Å²) < 4.78 is 5.67. The van der Waals surface area contributed by atoms with Crippen LogP contribution in [0.1, 0.15) is 17.0 Å². The molecule has 26 heavy (non-hydrogen) atoms. The number of hydrogen-bond acceptors (Lipinski definition) is 6. The van der Waals surface area contributed by atoms with Gasteiger partial charge >= 0.3 is 0 Å². The van der Waals surface area contributed by atoms with Crippen molar-refractivity contribution >= 4 is 29.1 Å². The number of non-ortho nitro benzene ring substituents is 1. The number of thioether (sulfide) groups is 1. The maximum absolute atomic E-state index is 10.7. The van der Waals surface area contributed by atoms with E-state index in [2.05, 4.69) is 15.2 Å². The predicted molar refractivity (Wildman–Crippen MR) is 99.6 cm³/mol. The summed E-state index contributed by atoms with van der Waals surface area (Å²) in [5.41, 5.74) is 1.98. The second kappa shape index (κ2) is 8.20. The van der Waals surface area contributed by atoms with Crippen LogP contribution in [0, 0.1) is 17.0 Å². The number of ether oxygens (including phenoxy) is 1. The van der Waals surface area contributed by atoms with Crippen LogP contribution in [0.25, 0.3) is 0 Å². The Balaban J connectivity index is 1.52. The molecule has 3 aromatic rings. The zero-order valence-corrected chi connectivity index (χ0v) is 15.4. The van der Waals surface area contributed by atoms with Crippen LogP contribution < -0.4 is 4.74 Å². The van der Waals surface area contributed by atoms with E-state index in [9.17, 15) is 10.1 Å². The predicted octanol–water partition coefficient (Wildman–Crippen LogP) is 4.55. The summed E-state index contributed by atoms with van der Waals surface area (Å²) in [4.78, 5) is 14.6. The first-order valence-electron chi connectivity index (χ1n) is 7.67. The van der Waals surface area contributed by atoms with Crippen molar-refractivity contribution < 1.29 is 9.66 Å². The van der Waals surface area contributed by atoms with Crippen molar-refractivity contribution in [3.05, 3.63) is 74.6 Å². The van der Waals surface area contributed by atoms with E-state index >= 15 is 0 Å². The lowest BCUT2D eigenvalue weighted by Gasteiger charge is -2.05. The highest BCUT2D eigenvalue weighted by Crippen LogP contribution is 2.23. The van der Waals surface area contributed by atoms with Gasteiger partial charge in [0, 0.05) is 22.9 Å². The van der Waals surface area contributed by atoms with Gasteiger partial charge in [0.1, 0.15) is 12.4 Å². The smallest absolute Gasteiger partial charge is 0.269 e. The fraction of sp³-hybridized carbons (Fsp3) is 0.176. The topological polar surface area (TPSA) is 93.9 Å². The highest BCUT2D eigenvalue weighted by Gasteiger charge is 2.08. The fourth-order valence-electron chi connectivity index (χ4n) is 2.13. The number of hydrogen-bond donors (Lipinski definition) is 1. The zero-order chi connectivity index (χ0) is 18.5. The van der Waals surface area contributed by atoms with Crippen molar-refractivity contribution in [1.82, 2.24) is 15.2 Å². The third kappa shape index (κ3) is 4.74. The van der Waals surface area contributed by atoms with Crippen LogP contribution in [-0.2, 0) is 12.4 Å². The van der Waals surface area contributed by atoms with Crippen molar-refractivity contribution in [3.63, 3.8) is 0 Å². The SMILES string of the molecule is Cc1cc(OCc2nc(SCc3ccc([N+](=O)[O-])cc3)n[nH]2)ccc1Cl. The van der Waals surface area contributed by atoms with Crippen molar-refractivity contribution in [1.29, 1.82) is 0 Å². The minimum Gasteiger partial charge on any atom is -0.486 e. The highest BCUT2D eigenvalue weighted by atomic mass is 35.5. The Hall–Kier alpha value is -2.58. The first-order valence-corrected chi connectivity index (χ1v) is 9.04. The number of aromatic nitrogens is 3. The van der Waals surface area contributed by atoms with Gasteiger partial charge in [-0.1, -0.05) is 35.5 Å². The molecule has 9 heteroatoms. The average molecular weight is 391 g/mol. The summed E-state index contributed by atoms with van der Waals surface area (Å²) in [7, 11) is 0. The van der Waals surface area contributed by atoms with Gasteiger partial charge in [0.15, 0.2) is 5.82 Å². The van der Waals surface area contributed by atoms with Gasteiger partial charge in [0.2, 0.25) is 5.16 Å². The Morgan fingerprint density at radius 1 is 1.27 bits per heavy atom. The largest absolute Gasteiger partial charge is 0.486 e. The molecule has 0 aliphatic carbocycles. The number of H-pyrrole nitrogens is 1. The fourth-order valence-corrected chi connectivity index (χ4v) is 3.02. The van der Waals surface area contributed by atoms with Crippen molar-refractivity contribution in [2.45, 2.75) is 24.4 Å². The molecule has 0 saturated heterocycles. The first-order chi connectivity index (χ1) is 12.5. The number of nitrogens with zero attached hydrogens (tertiary/aromatic N) is 3. The molecule has 7 nitrogen and oxygen atoms in total. The molecule has 0 atom stereocenters. The van der Waals surface area contributed by atoms with E-state index in [-0.39, 0.29) is 12.3 Å². The summed E-state index contributed by atoms with van der Waals surface area (Å²) in [6.45, 7) is 2.18. The van der Waals surface area contributed by atoms with Gasteiger partial charge in [-0.3, -0.25) is 15.2 Å². The number of nitro groups is 1. The highest BCUT2D eigenvalue weighted by molar-refractivity contribution is 7.98. The van der Waals surface area contributed by atoms with Crippen molar-refractivity contribution in [2.75, 3.05) is 0 Å². The van der Waals surface area contributed by atoms with Crippen LogP contribution in [0.5, 0.6) is 5.75 Å². The number of benzene rings is 2. The molecule has 134 valence electrons. The third-order valence-corrected chi connectivity index (χ3v) is 4.87. The van der Waals surface area contributed by atoms with Gasteiger partial charge in [0.05, 0.1) is 4.92 Å². The number of nitrogens with one attached hydrogen (secondary N) is 1. The number of aryl methyl sites for hydroxylation is 1. The van der Waals surface area contributed by atoms with Gasteiger partial charge in [0.25, 0.3) is 5.69 Å². The maximum atomic E-state index is 10.7. The van der Waals surface area contributed by atoms with Crippen molar-refractivity contribution in [3.8, 4) is 5.75 Å². The van der Waals surface area contributed by atoms with Gasteiger partial charge in [-0.05, 0) is 36.2 Å². The second-order valence-corrected chi connectivity index (χ2v) is 6.83. The molecule has 2 aromatic carbocycles. The van der Waals surface area contributed by atoms with E-state index in [1.54, 1.807) is 24.3 Å². The van der Waals surface area contributed by atoms with Gasteiger partial charge in [-0.25, -0.2) is 4.98 Å².